The molecule has 2 nitrogen and oxygen atoms in total. The van der Waals surface area contributed by atoms with Crippen LogP contribution in [0.3, 0.4) is 0 Å². The number of Topliss-reactive ketones (excluding diaryl/α,β-unsaturated/α-hetero) is 1. The normalized spacial score (nSPS) is 19.3. The lowest BCUT2D eigenvalue weighted by Gasteiger charge is -2.23. The minimum Gasteiger partial charge on any atom is -0.390 e. The van der Waals surface area contributed by atoms with E-state index in [-0.39, 0.29) is 11.2 Å². The highest BCUT2D eigenvalue weighted by atomic mass is 32.1. The molecular formula is C16H25NOS. The van der Waals surface area contributed by atoms with E-state index in [1.54, 1.807) is 11.3 Å². The standard InChI is InChI=1S/C16H25NOS/c1-5-6-10-7-8-11-12(9-10)19-15(17)13(11)14(18)16(2,3)4/h10H,5-9,17H2,1-4H3. The number of hydrogen-bond acceptors (Lipinski definition) is 3. The zero-order valence-electron chi connectivity index (χ0n) is 12.5. The highest BCUT2D eigenvalue weighted by Gasteiger charge is 2.32. The Hall–Kier alpha value is -0.830. The minimum atomic E-state index is -0.344. The summed E-state index contributed by atoms with van der Waals surface area (Å²) in [6, 6.07) is 0. The lowest BCUT2D eigenvalue weighted by Crippen LogP contribution is -2.23. The average molecular weight is 279 g/mol. The van der Waals surface area contributed by atoms with Crippen molar-refractivity contribution in [1.29, 1.82) is 0 Å². The Kier molecular flexibility index (Phi) is 4.05. The average Bonchev–Trinajstić information content (AvgIpc) is 2.62. The SMILES string of the molecule is CCCC1CCc2c(sc(N)c2C(=O)C(C)(C)C)C1. The largest absolute Gasteiger partial charge is 0.390 e. The first-order chi connectivity index (χ1) is 8.84. The van der Waals surface area contributed by atoms with Crippen LogP contribution < -0.4 is 5.73 Å². The van der Waals surface area contributed by atoms with Gasteiger partial charge in [-0.05, 0) is 30.7 Å². The van der Waals surface area contributed by atoms with Gasteiger partial charge in [0, 0.05) is 10.3 Å². The molecular weight excluding hydrogens is 254 g/mol. The first kappa shape index (κ1) is 14.6. The molecule has 0 radical (unpaired) electrons. The molecule has 1 aliphatic carbocycles. The molecule has 1 aromatic rings. The van der Waals surface area contributed by atoms with E-state index >= 15 is 0 Å². The van der Waals surface area contributed by atoms with Crippen LogP contribution in [-0.4, -0.2) is 5.78 Å². The number of carbonyl (C=O) groups is 1. The molecule has 2 N–H and O–H groups in total. The van der Waals surface area contributed by atoms with Crippen molar-refractivity contribution < 1.29 is 4.79 Å². The third-order valence-corrected chi connectivity index (χ3v) is 5.08. The van der Waals surface area contributed by atoms with Crippen molar-refractivity contribution in [3.63, 3.8) is 0 Å². The van der Waals surface area contributed by atoms with Crippen LogP contribution in [0.2, 0.25) is 0 Å². The third-order valence-electron chi connectivity index (χ3n) is 4.00. The maximum atomic E-state index is 12.6. The molecule has 1 unspecified atom stereocenters. The Bertz CT molecular complexity index is 482. The molecule has 3 heteroatoms. The molecule has 0 amide bonds. The molecule has 1 aliphatic rings. The van der Waals surface area contributed by atoms with Crippen LogP contribution in [-0.2, 0) is 12.8 Å². The van der Waals surface area contributed by atoms with Gasteiger partial charge in [-0.15, -0.1) is 11.3 Å². The molecule has 0 aromatic carbocycles. The Morgan fingerprint density at radius 3 is 2.68 bits per heavy atom. The van der Waals surface area contributed by atoms with Crippen molar-refractivity contribution in [3.05, 3.63) is 16.0 Å². The molecule has 1 atom stereocenters. The number of ketones is 1. The van der Waals surface area contributed by atoms with Gasteiger partial charge in [0.1, 0.15) is 0 Å². The monoisotopic (exact) mass is 279 g/mol. The number of nitrogen functional groups attached to an aromatic ring is 1. The Morgan fingerprint density at radius 2 is 2.11 bits per heavy atom. The number of fused-ring (bicyclic) bond motifs is 1. The predicted molar refractivity (Wildman–Crippen MR) is 82.9 cm³/mol. The van der Waals surface area contributed by atoms with Gasteiger partial charge in [-0.3, -0.25) is 4.79 Å². The van der Waals surface area contributed by atoms with Crippen LogP contribution in [0.5, 0.6) is 0 Å². The molecule has 106 valence electrons. The van der Waals surface area contributed by atoms with E-state index in [4.69, 9.17) is 5.73 Å². The van der Waals surface area contributed by atoms with Gasteiger partial charge < -0.3 is 5.73 Å². The fourth-order valence-electron chi connectivity index (χ4n) is 2.95. The second kappa shape index (κ2) is 5.28. The van der Waals surface area contributed by atoms with E-state index in [2.05, 4.69) is 6.92 Å². The van der Waals surface area contributed by atoms with Gasteiger partial charge in [0.2, 0.25) is 0 Å². The molecule has 2 rings (SSSR count). The summed E-state index contributed by atoms with van der Waals surface area (Å²) in [5, 5.41) is 0.738. The van der Waals surface area contributed by atoms with Crippen LogP contribution in [0.4, 0.5) is 5.00 Å². The van der Waals surface area contributed by atoms with Gasteiger partial charge in [0.05, 0.1) is 10.6 Å². The molecule has 0 aliphatic heterocycles. The lowest BCUT2D eigenvalue weighted by atomic mass is 9.80. The van der Waals surface area contributed by atoms with Crippen LogP contribution in [0, 0.1) is 11.3 Å². The summed E-state index contributed by atoms with van der Waals surface area (Å²) >= 11 is 1.65. The summed E-state index contributed by atoms with van der Waals surface area (Å²) in [5.74, 6) is 0.990. The van der Waals surface area contributed by atoms with Crippen molar-refractivity contribution in [2.75, 3.05) is 5.73 Å². The van der Waals surface area contributed by atoms with Crippen LogP contribution in [0.15, 0.2) is 0 Å². The summed E-state index contributed by atoms with van der Waals surface area (Å²) in [6.07, 6.45) is 5.90. The quantitative estimate of drug-likeness (QED) is 0.830. The van der Waals surface area contributed by atoms with E-state index in [1.807, 2.05) is 20.8 Å². The summed E-state index contributed by atoms with van der Waals surface area (Å²) in [4.78, 5) is 13.9. The van der Waals surface area contributed by atoms with Gasteiger partial charge in [-0.1, -0.05) is 40.5 Å². The fraction of sp³-hybridized carbons (Fsp3) is 0.688. The zero-order chi connectivity index (χ0) is 14.2. The van der Waals surface area contributed by atoms with Crippen LogP contribution in [0.1, 0.15) is 67.8 Å². The van der Waals surface area contributed by atoms with Crippen LogP contribution >= 0.6 is 11.3 Å². The minimum absolute atomic E-state index is 0.205. The van der Waals surface area contributed by atoms with Gasteiger partial charge in [0.25, 0.3) is 0 Å². The van der Waals surface area contributed by atoms with E-state index in [1.165, 1.54) is 29.7 Å². The van der Waals surface area contributed by atoms with Crippen molar-refractivity contribution in [1.82, 2.24) is 0 Å². The van der Waals surface area contributed by atoms with Gasteiger partial charge >= 0.3 is 0 Å². The first-order valence-electron chi connectivity index (χ1n) is 7.29. The van der Waals surface area contributed by atoms with Crippen molar-refractivity contribution in [2.45, 2.75) is 59.8 Å². The molecule has 0 spiro atoms. The third kappa shape index (κ3) is 2.86. The topological polar surface area (TPSA) is 43.1 Å². The van der Waals surface area contributed by atoms with E-state index in [0.717, 1.165) is 29.3 Å². The fourth-order valence-corrected chi connectivity index (χ4v) is 4.18. The van der Waals surface area contributed by atoms with E-state index in [0.29, 0.717) is 0 Å². The Balaban J connectivity index is 2.32. The Labute approximate surface area is 120 Å². The number of thiophene rings is 1. The number of carbonyl (C=O) groups excluding carboxylic acids is 1. The molecule has 1 heterocycles. The second-order valence-corrected chi connectivity index (χ2v) is 7.86. The predicted octanol–water partition coefficient (Wildman–Crippen LogP) is 4.46. The molecule has 19 heavy (non-hydrogen) atoms. The number of rotatable bonds is 3. The highest BCUT2D eigenvalue weighted by molar-refractivity contribution is 7.16. The summed E-state index contributed by atoms with van der Waals surface area (Å²) in [7, 11) is 0. The molecule has 0 bridgehead atoms. The first-order valence-corrected chi connectivity index (χ1v) is 8.11. The summed E-state index contributed by atoms with van der Waals surface area (Å²) in [5.41, 5.74) is 7.89. The summed E-state index contributed by atoms with van der Waals surface area (Å²) in [6.45, 7) is 8.16. The van der Waals surface area contributed by atoms with E-state index in [9.17, 15) is 4.79 Å². The van der Waals surface area contributed by atoms with Crippen molar-refractivity contribution >= 4 is 22.1 Å². The molecule has 0 saturated heterocycles. The second-order valence-electron chi connectivity index (χ2n) is 6.72. The zero-order valence-corrected chi connectivity index (χ0v) is 13.3. The van der Waals surface area contributed by atoms with Gasteiger partial charge in [-0.25, -0.2) is 0 Å². The maximum Gasteiger partial charge on any atom is 0.171 e. The highest BCUT2D eigenvalue weighted by Crippen LogP contribution is 2.41. The maximum absolute atomic E-state index is 12.6. The van der Waals surface area contributed by atoms with Gasteiger partial charge in [0.15, 0.2) is 5.78 Å². The van der Waals surface area contributed by atoms with Gasteiger partial charge in [-0.2, -0.15) is 0 Å². The molecule has 1 aromatic heterocycles. The number of hydrogen-bond donors (Lipinski definition) is 1. The van der Waals surface area contributed by atoms with Crippen molar-refractivity contribution in [3.8, 4) is 0 Å². The van der Waals surface area contributed by atoms with Crippen LogP contribution in [0.25, 0.3) is 0 Å². The number of anilines is 1. The van der Waals surface area contributed by atoms with E-state index < -0.39 is 0 Å². The smallest absolute Gasteiger partial charge is 0.171 e. The molecule has 0 fully saturated rings. The summed E-state index contributed by atoms with van der Waals surface area (Å²) < 4.78 is 0. The lowest BCUT2D eigenvalue weighted by molar-refractivity contribution is 0.0858. The molecule has 0 saturated carbocycles. The van der Waals surface area contributed by atoms with Crippen molar-refractivity contribution in [2.24, 2.45) is 11.3 Å². The number of nitrogens with two attached hydrogens (primary N) is 1. The Morgan fingerprint density at radius 1 is 1.42 bits per heavy atom.